The molecule has 1 saturated carbocycles. The number of aliphatic hydroxyl groups is 1. The van der Waals surface area contributed by atoms with Gasteiger partial charge in [0.1, 0.15) is 0 Å². The van der Waals surface area contributed by atoms with Crippen LogP contribution in [-0.2, 0) is 0 Å². The number of hydrogen-bond donors (Lipinski definition) is 2. The number of benzene rings is 1. The predicted octanol–water partition coefficient (Wildman–Crippen LogP) is 2.58. The van der Waals surface area contributed by atoms with Gasteiger partial charge in [-0.2, -0.15) is 0 Å². The van der Waals surface area contributed by atoms with Crippen molar-refractivity contribution in [1.29, 1.82) is 0 Å². The van der Waals surface area contributed by atoms with Crippen LogP contribution in [0, 0.1) is 19.8 Å². The number of nitrogens with one attached hydrogen (secondary N) is 1. The van der Waals surface area contributed by atoms with Crippen molar-refractivity contribution in [2.24, 2.45) is 5.92 Å². The molecule has 2 rings (SSSR count). The number of rotatable bonds is 3. The first kappa shape index (κ1) is 14.1. The Balaban J connectivity index is 1.94. The maximum atomic E-state index is 12.2. The summed E-state index contributed by atoms with van der Waals surface area (Å²) in [6, 6.07) is 5.90. The van der Waals surface area contributed by atoms with Crippen LogP contribution in [0.3, 0.4) is 0 Å². The van der Waals surface area contributed by atoms with Crippen LogP contribution in [0.25, 0.3) is 0 Å². The average molecular weight is 261 g/mol. The topological polar surface area (TPSA) is 49.3 Å². The Bertz CT molecular complexity index is 436. The molecule has 19 heavy (non-hydrogen) atoms. The van der Waals surface area contributed by atoms with Crippen LogP contribution in [0.2, 0.25) is 0 Å². The van der Waals surface area contributed by atoms with Gasteiger partial charge in [0.05, 0.1) is 6.10 Å². The number of carbonyl (C=O) groups excluding carboxylic acids is 1. The Morgan fingerprint density at radius 1 is 1.32 bits per heavy atom. The Labute approximate surface area is 115 Å². The van der Waals surface area contributed by atoms with E-state index in [1.54, 1.807) is 0 Å². The van der Waals surface area contributed by atoms with Gasteiger partial charge in [0.25, 0.3) is 5.91 Å². The van der Waals surface area contributed by atoms with E-state index in [4.69, 9.17) is 0 Å². The zero-order chi connectivity index (χ0) is 13.8. The van der Waals surface area contributed by atoms with Crippen LogP contribution >= 0.6 is 0 Å². The van der Waals surface area contributed by atoms with Crippen LogP contribution in [0.1, 0.15) is 47.2 Å². The van der Waals surface area contributed by atoms with E-state index in [9.17, 15) is 9.90 Å². The Hall–Kier alpha value is -1.35. The summed E-state index contributed by atoms with van der Waals surface area (Å²) < 4.78 is 0. The fraction of sp³-hybridized carbons (Fsp3) is 0.562. The molecule has 1 aromatic rings. The van der Waals surface area contributed by atoms with E-state index < -0.39 is 0 Å². The lowest BCUT2D eigenvalue weighted by Gasteiger charge is -2.26. The molecule has 3 heteroatoms. The number of hydrogen-bond acceptors (Lipinski definition) is 2. The standard InChI is InChI=1S/C16H23NO2/c1-11-5-3-6-12(2)15(11)16(19)17-10-13-7-4-8-14(18)9-13/h3,5-6,13-14,18H,4,7-10H2,1-2H3,(H,17,19). The molecule has 0 radical (unpaired) electrons. The molecule has 2 N–H and O–H groups in total. The van der Waals surface area contributed by atoms with Crippen molar-refractivity contribution in [1.82, 2.24) is 5.32 Å². The molecule has 1 aliphatic carbocycles. The predicted molar refractivity (Wildman–Crippen MR) is 76.2 cm³/mol. The maximum Gasteiger partial charge on any atom is 0.251 e. The summed E-state index contributed by atoms with van der Waals surface area (Å²) in [5, 5.41) is 12.7. The molecular formula is C16H23NO2. The molecule has 0 saturated heterocycles. The second kappa shape index (κ2) is 6.20. The summed E-state index contributed by atoms with van der Waals surface area (Å²) in [5.74, 6) is 0.424. The van der Waals surface area contributed by atoms with Gasteiger partial charge in [-0.3, -0.25) is 4.79 Å². The highest BCUT2D eigenvalue weighted by Gasteiger charge is 2.21. The normalized spacial score (nSPS) is 23.1. The van der Waals surface area contributed by atoms with Gasteiger partial charge in [0.15, 0.2) is 0 Å². The summed E-state index contributed by atoms with van der Waals surface area (Å²) in [4.78, 5) is 12.2. The number of aliphatic hydroxyl groups excluding tert-OH is 1. The zero-order valence-electron chi connectivity index (χ0n) is 11.8. The van der Waals surface area contributed by atoms with Gasteiger partial charge in [-0.05, 0) is 50.2 Å². The minimum absolute atomic E-state index is 0.00987. The fourth-order valence-corrected chi connectivity index (χ4v) is 2.95. The average Bonchev–Trinajstić information content (AvgIpc) is 2.36. The zero-order valence-corrected chi connectivity index (χ0v) is 11.8. The first-order valence-corrected chi connectivity index (χ1v) is 7.10. The molecular weight excluding hydrogens is 238 g/mol. The van der Waals surface area contributed by atoms with E-state index in [2.05, 4.69) is 5.32 Å². The molecule has 1 aliphatic rings. The van der Waals surface area contributed by atoms with E-state index in [1.807, 2.05) is 32.0 Å². The molecule has 104 valence electrons. The third-order valence-corrected chi connectivity index (χ3v) is 4.01. The van der Waals surface area contributed by atoms with E-state index in [1.165, 1.54) is 0 Å². The molecule has 2 atom stereocenters. The minimum Gasteiger partial charge on any atom is -0.393 e. The maximum absolute atomic E-state index is 12.2. The fourth-order valence-electron chi connectivity index (χ4n) is 2.95. The molecule has 2 unspecified atom stereocenters. The number of carbonyl (C=O) groups is 1. The molecule has 1 amide bonds. The van der Waals surface area contributed by atoms with Crippen LogP contribution in [-0.4, -0.2) is 23.7 Å². The summed E-state index contributed by atoms with van der Waals surface area (Å²) in [5.41, 5.74) is 2.82. The van der Waals surface area contributed by atoms with Gasteiger partial charge in [0, 0.05) is 12.1 Å². The van der Waals surface area contributed by atoms with Gasteiger partial charge < -0.3 is 10.4 Å². The second-order valence-corrected chi connectivity index (χ2v) is 5.66. The van der Waals surface area contributed by atoms with E-state index in [0.29, 0.717) is 12.5 Å². The lowest BCUT2D eigenvalue weighted by atomic mass is 9.87. The largest absolute Gasteiger partial charge is 0.393 e. The summed E-state index contributed by atoms with van der Waals surface area (Å²) in [7, 11) is 0. The van der Waals surface area contributed by atoms with E-state index >= 15 is 0 Å². The highest BCUT2D eigenvalue weighted by Crippen LogP contribution is 2.23. The quantitative estimate of drug-likeness (QED) is 0.878. The molecule has 0 aliphatic heterocycles. The van der Waals surface area contributed by atoms with Crippen LogP contribution in [0.5, 0.6) is 0 Å². The molecule has 0 aromatic heterocycles. The summed E-state index contributed by atoms with van der Waals surface area (Å²) >= 11 is 0. The third-order valence-electron chi connectivity index (χ3n) is 4.01. The highest BCUT2D eigenvalue weighted by molar-refractivity contribution is 5.97. The summed E-state index contributed by atoms with van der Waals surface area (Å²) in [6.45, 7) is 4.60. The monoisotopic (exact) mass is 261 g/mol. The lowest BCUT2D eigenvalue weighted by molar-refractivity contribution is 0.0873. The lowest BCUT2D eigenvalue weighted by Crippen LogP contribution is -2.33. The third kappa shape index (κ3) is 3.57. The Morgan fingerprint density at radius 2 is 2.00 bits per heavy atom. The summed E-state index contributed by atoms with van der Waals surface area (Å²) in [6.07, 6.45) is 3.69. The molecule has 0 heterocycles. The first-order valence-electron chi connectivity index (χ1n) is 7.10. The van der Waals surface area contributed by atoms with Crippen molar-refractivity contribution in [2.45, 2.75) is 45.6 Å². The molecule has 1 fully saturated rings. The first-order chi connectivity index (χ1) is 9.08. The number of amides is 1. The van der Waals surface area contributed by atoms with Crippen LogP contribution in [0.4, 0.5) is 0 Å². The molecule has 3 nitrogen and oxygen atoms in total. The van der Waals surface area contributed by atoms with Gasteiger partial charge in [-0.25, -0.2) is 0 Å². The molecule has 0 bridgehead atoms. The van der Waals surface area contributed by atoms with Crippen LogP contribution < -0.4 is 5.32 Å². The van der Waals surface area contributed by atoms with E-state index in [0.717, 1.165) is 42.4 Å². The van der Waals surface area contributed by atoms with Crippen molar-refractivity contribution in [3.05, 3.63) is 34.9 Å². The van der Waals surface area contributed by atoms with Crippen molar-refractivity contribution in [2.75, 3.05) is 6.54 Å². The van der Waals surface area contributed by atoms with E-state index in [-0.39, 0.29) is 12.0 Å². The Morgan fingerprint density at radius 3 is 2.63 bits per heavy atom. The van der Waals surface area contributed by atoms with Crippen LogP contribution in [0.15, 0.2) is 18.2 Å². The van der Waals surface area contributed by atoms with Gasteiger partial charge in [-0.15, -0.1) is 0 Å². The van der Waals surface area contributed by atoms with Gasteiger partial charge in [0.2, 0.25) is 0 Å². The van der Waals surface area contributed by atoms with Crippen molar-refractivity contribution >= 4 is 5.91 Å². The van der Waals surface area contributed by atoms with Gasteiger partial charge >= 0.3 is 0 Å². The van der Waals surface area contributed by atoms with Crippen molar-refractivity contribution in [3.8, 4) is 0 Å². The number of aryl methyl sites for hydroxylation is 2. The smallest absolute Gasteiger partial charge is 0.251 e. The second-order valence-electron chi connectivity index (χ2n) is 5.66. The molecule has 0 spiro atoms. The van der Waals surface area contributed by atoms with Gasteiger partial charge in [-0.1, -0.05) is 24.6 Å². The van der Waals surface area contributed by atoms with Crippen molar-refractivity contribution in [3.63, 3.8) is 0 Å². The van der Waals surface area contributed by atoms with Crippen molar-refractivity contribution < 1.29 is 9.90 Å². The Kier molecular flexibility index (Phi) is 4.59. The molecule has 1 aromatic carbocycles. The highest BCUT2D eigenvalue weighted by atomic mass is 16.3. The minimum atomic E-state index is -0.184. The SMILES string of the molecule is Cc1cccc(C)c1C(=O)NCC1CCCC(O)C1.